The van der Waals surface area contributed by atoms with Gasteiger partial charge in [0, 0.05) is 12.6 Å². The summed E-state index contributed by atoms with van der Waals surface area (Å²) in [6.07, 6.45) is 2.31. The third-order valence-electron chi connectivity index (χ3n) is 2.80. The molecule has 0 bridgehead atoms. The monoisotopic (exact) mass is 249 g/mol. The van der Waals surface area contributed by atoms with Gasteiger partial charge in [0.25, 0.3) is 0 Å². The zero-order valence-corrected chi connectivity index (χ0v) is 11.2. The van der Waals surface area contributed by atoms with E-state index in [4.69, 9.17) is 4.74 Å². The summed E-state index contributed by atoms with van der Waals surface area (Å²) >= 11 is 0. The first-order valence-corrected chi connectivity index (χ1v) is 6.41. The minimum atomic E-state index is -0.516. The van der Waals surface area contributed by atoms with Crippen molar-refractivity contribution in [3.63, 3.8) is 0 Å². The van der Waals surface area contributed by atoms with E-state index in [2.05, 4.69) is 18.8 Å². The van der Waals surface area contributed by atoms with E-state index in [-0.39, 0.29) is 6.04 Å². The molecule has 0 amide bonds. The van der Waals surface area contributed by atoms with Crippen molar-refractivity contribution in [3.05, 3.63) is 42.5 Å². The van der Waals surface area contributed by atoms with Crippen LogP contribution in [0, 0.1) is 0 Å². The Hall–Kier alpha value is -1.32. The van der Waals surface area contributed by atoms with Gasteiger partial charge in [-0.1, -0.05) is 25.1 Å². The van der Waals surface area contributed by atoms with Gasteiger partial charge in [-0.2, -0.15) is 0 Å². The largest absolute Gasteiger partial charge is 0.491 e. The fraction of sp³-hybridized carbons (Fsp3) is 0.467. The molecule has 0 aliphatic rings. The number of aliphatic hydroxyl groups excluding tert-OH is 1. The van der Waals surface area contributed by atoms with Crippen LogP contribution >= 0.6 is 0 Å². The summed E-state index contributed by atoms with van der Waals surface area (Å²) in [6, 6.07) is 8.15. The smallest absolute Gasteiger partial charge is 0.119 e. The molecule has 100 valence electrons. The molecule has 3 nitrogen and oxygen atoms in total. The molecule has 18 heavy (non-hydrogen) atoms. The number of aliphatic hydroxyl groups is 1. The molecule has 2 atom stereocenters. The van der Waals surface area contributed by atoms with Gasteiger partial charge < -0.3 is 15.2 Å². The highest BCUT2D eigenvalue weighted by Gasteiger charge is 2.06. The first-order valence-electron chi connectivity index (χ1n) is 6.41. The second-order valence-corrected chi connectivity index (χ2v) is 4.39. The van der Waals surface area contributed by atoms with E-state index < -0.39 is 6.10 Å². The molecule has 0 heterocycles. The van der Waals surface area contributed by atoms with Gasteiger partial charge in [0.05, 0.1) is 0 Å². The molecule has 1 aromatic rings. The lowest BCUT2D eigenvalue weighted by atomic mass is 10.2. The molecule has 2 N–H and O–H groups in total. The topological polar surface area (TPSA) is 41.5 Å². The van der Waals surface area contributed by atoms with Crippen molar-refractivity contribution < 1.29 is 9.84 Å². The van der Waals surface area contributed by atoms with Crippen LogP contribution in [-0.4, -0.2) is 30.4 Å². The summed E-state index contributed by atoms with van der Waals surface area (Å²) < 4.78 is 5.52. The van der Waals surface area contributed by atoms with Crippen LogP contribution in [0.5, 0.6) is 5.75 Å². The van der Waals surface area contributed by atoms with Crippen LogP contribution in [0.2, 0.25) is 0 Å². The molecule has 0 fully saturated rings. The van der Waals surface area contributed by atoms with Crippen LogP contribution in [0.15, 0.2) is 36.9 Å². The number of nitrogens with one attached hydrogen (secondary N) is 1. The Morgan fingerprint density at radius 1 is 1.39 bits per heavy atom. The minimum Gasteiger partial charge on any atom is -0.491 e. The maximum absolute atomic E-state index is 9.73. The van der Waals surface area contributed by atoms with Gasteiger partial charge in [-0.15, -0.1) is 6.58 Å². The van der Waals surface area contributed by atoms with Gasteiger partial charge in [0.2, 0.25) is 0 Å². The molecule has 1 rings (SSSR count). The summed E-state index contributed by atoms with van der Waals surface area (Å²) in [5.41, 5.74) is 1.28. The van der Waals surface area contributed by atoms with E-state index in [1.54, 1.807) is 6.08 Å². The lowest BCUT2D eigenvalue weighted by Gasteiger charge is -2.15. The number of hydrogen-bond acceptors (Lipinski definition) is 3. The SMILES string of the molecule is C=CC(C)NCC(O)COc1ccc(CC)cc1. The van der Waals surface area contributed by atoms with Crippen molar-refractivity contribution >= 4 is 0 Å². The van der Waals surface area contributed by atoms with Gasteiger partial charge in [-0.3, -0.25) is 0 Å². The molecule has 3 heteroatoms. The second kappa shape index (κ2) is 7.90. The van der Waals surface area contributed by atoms with Crippen LogP contribution in [-0.2, 0) is 6.42 Å². The van der Waals surface area contributed by atoms with E-state index in [1.807, 2.05) is 31.2 Å². The average molecular weight is 249 g/mol. The molecular weight excluding hydrogens is 226 g/mol. The third-order valence-corrected chi connectivity index (χ3v) is 2.80. The summed E-state index contributed by atoms with van der Waals surface area (Å²) in [5.74, 6) is 0.794. The molecule has 0 radical (unpaired) electrons. The number of aryl methyl sites for hydroxylation is 1. The lowest BCUT2D eigenvalue weighted by Crippen LogP contribution is -2.35. The van der Waals surface area contributed by atoms with E-state index in [0.29, 0.717) is 13.2 Å². The van der Waals surface area contributed by atoms with Gasteiger partial charge in [0.1, 0.15) is 18.5 Å². The highest BCUT2D eigenvalue weighted by atomic mass is 16.5. The van der Waals surface area contributed by atoms with Crippen molar-refractivity contribution in [2.24, 2.45) is 0 Å². The van der Waals surface area contributed by atoms with Crippen LogP contribution in [0.4, 0.5) is 0 Å². The highest BCUT2D eigenvalue weighted by Crippen LogP contribution is 2.12. The zero-order valence-electron chi connectivity index (χ0n) is 11.2. The Morgan fingerprint density at radius 3 is 2.61 bits per heavy atom. The zero-order chi connectivity index (χ0) is 13.4. The predicted molar refractivity (Wildman–Crippen MR) is 75.0 cm³/mol. The quantitative estimate of drug-likeness (QED) is 0.694. The summed E-state index contributed by atoms with van der Waals surface area (Å²) in [5, 5.41) is 12.9. The Kier molecular flexibility index (Phi) is 6.47. The molecule has 0 aliphatic heterocycles. The van der Waals surface area contributed by atoms with Crippen LogP contribution in [0.1, 0.15) is 19.4 Å². The van der Waals surface area contributed by atoms with E-state index in [9.17, 15) is 5.11 Å². The summed E-state index contributed by atoms with van der Waals surface area (Å²) in [7, 11) is 0. The van der Waals surface area contributed by atoms with Crippen LogP contribution in [0.3, 0.4) is 0 Å². The predicted octanol–water partition coefficient (Wildman–Crippen LogP) is 2.15. The standard InChI is InChI=1S/C15H23NO2/c1-4-12(3)16-10-14(17)11-18-15-8-6-13(5-2)7-9-15/h4,6-9,12,14,16-17H,1,5,10-11H2,2-3H3. The Morgan fingerprint density at radius 2 is 2.06 bits per heavy atom. The Labute approximate surface area is 109 Å². The maximum Gasteiger partial charge on any atom is 0.119 e. The molecular formula is C15H23NO2. The highest BCUT2D eigenvalue weighted by molar-refractivity contribution is 5.27. The van der Waals surface area contributed by atoms with Crippen LogP contribution < -0.4 is 10.1 Å². The second-order valence-electron chi connectivity index (χ2n) is 4.39. The molecule has 0 saturated carbocycles. The van der Waals surface area contributed by atoms with E-state index >= 15 is 0 Å². The first-order chi connectivity index (χ1) is 8.65. The van der Waals surface area contributed by atoms with E-state index in [0.717, 1.165) is 12.2 Å². The molecule has 0 aliphatic carbocycles. The summed E-state index contributed by atoms with van der Waals surface area (Å²) in [4.78, 5) is 0. The first kappa shape index (κ1) is 14.7. The average Bonchev–Trinajstić information content (AvgIpc) is 2.42. The normalized spacial score (nSPS) is 13.9. The maximum atomic E-state index is 9.73. The van der Waals surface area contributed by atoms with Gasteiger partial charge in [-0.25, -0.2) is 0 Å². The molecule has 0 spiro atoms. The van der Waals surface area contributed by atoms with Crippen molar-refractivity contribution in [1.82, 2.24) is 5.32 Å². The van der Waals surface area contributed by atoms with Gasteiger partial charge in [-0.05, 0) is 31.0 Å². The lowest BCUT2D eigenvalue weighted by molar-refractivity contribution is 0.105. The van der Waals surface area contributed by atoms with Crippen LogP contribution in [0.25, 0.3) is 0 Å². The molecule has 1 aromatic carbocycles. The van der Waals surface area contributed by atoms with Crippen molar-refractivity contribution in [3.8, 4) is 5.75 Å². The fourth-order valence-corrected chi connectivity index (χ4v) is 1.48. The molecule has 0 saturated heterocycles. The van der Waals surface area contributed by atoms with Gasteiger partial charge in [0.15, 0.2) is 0 Å². The Balaban J connectivity index is 2.28. The third kappa shape index (κ3) is 5.34. The Bertz CT molecular complexity index is 348. The summed E-state index contributed by atoms with van der Waals surface area (Å²) in [6.45, 7) is 8.57. The molecule has 2 unspecified atom stereocenters. The number of ether oxygens (including phenoxy) is 1. The molecule has 0 aromatic heterocycles. The number of rotatable bonds is 8. The van der Waals surface area contributed by atoms with Crippen molar-refractivity contribution in [2.45, 2.75) is 32.4 Å². The van der Waals surface area contributed by atoms with E-state index in [1.165, 1.54) is 5.56 Å². The van der Waals surface area contributed by atoms with Crippen molar-refractivity contribution in [2.75, 3.05) is 13.2 Å². The van der Waals surface area contributed by atoms with Gasteiger partial charge >= 0.3 is 0 Å². The number of benzene rings is 1. The fourth-order valence-electron chi connectivity index (χ4n) is 1.48. The number of hydrogen-bond donors (Lipinski definition) is 2. The van der Waals surface area contributed by atoms with Crippen molar-refractivity contribution in [1.29, 1.82) is 0 Å². The minimum absolute atomic E-state index is 0.198.